The van der Waals surface area contributed by atoms with Crippen LogP contribution in [0.2, 0.25) is 0 Å². The molecular formula is C13H16N2O3S. The number of hydrogen-bond donors (Lipinski definition) is 1. The van der Waals surface area contributed by atoms with Gasteiger partial charge < -0.3 is 10.0 Å². The first-order chi connectivity index (χ1) is 9.13. The number of carbonyl (C=O) groups is 2. The van der Waals surface area contributed by atoms with Gasteiger partial charge in [0.2, 0.25) is 5.91 Å². The van der Waals surface area contributed by atoms with Crippen LogP contribution in [0.25, 0.3) is 0 Å². The van der Waals surface area contributed by atoms with Gasteiger partial charge in [0, 0.05) is 17.6 Å². The van der Waals surface area contributed by atoms with Crippen LogP contribution in [0.5, 0.6) is 0 Å². The lowest BCUT2D eigenvalue weighted by Gasteiger charge is -2.26. The molecule has 0 radical (unpaired) electrons. The third-order valence-corrected chi connectivity index (χ3v) is 4.53. The van der Waals surface area contributed by atoms with Crippen molar-refractivity contribution < 1.29 is 14.7 Å². The van der Waals surface area contributed by atoms with E-state index in [0.29, 0.717) is 11.4 Å². The molecule has 5 nitrogen and oxygen atoms in total. The van der Waals surface area contributed by atoms with Gasteiger partial charge in [-0.1, -0.05) is 13.0 Å². The molecule has 0 aliphatic carbocycles. The number of carbonyl (C=O) groups excluding carboxylic acids is 1. The second-order valence-corrected chi connectivity index (χ2v) is 5.56. The minimum Gasteiger partial charge on any atom is -0.480 e. The van der Waals surface area contributed by atoms with E-state index in [9.17, 15) is 14.7 Å². The summed E-state index contributed by atoms with van der Waals surface area (Å²) >= 11 is 1.53. The summed E-state index contributed by atoms with van der Waals surface area (Å²) in [6, 6.07) is 4.67. The summed E-state index contributed by atoms with van der Waals surface area (Å²) in [4.78, 5) is 29.1. The van der Waals surface area contributed by atoms with Crippen molar-refractivity contribution >= 4 is 23.6 Å². The lowest BCUT2D eigenvalue weighted by atomic mass is 10.2. The van der Waals surface area contributed by atoms with Crippen LogP contribution in [0.1, 0.15) is 19.0 Å². The van der Waals surface area contributed by atoms with Crippen molar-refractivity contribution in [2.45, 2.75) is 31.2 Å². The molecule has 1 aliphatic rings. The van der Waals surface area contributed by atoms with Crippen molar-refractivity contribution in [3.05, 3.63) is 30.1 Å². The van der Waals surface area contributed by atoms with Crippen LogP contribution in [-0.2, 0) is 16.0 Å². The van der Waals surface area contributed by atoms with Crippen molar-refractivity contribution in [1.82, 2.24) is 9.88 Å². The molecule has 0 bridgehead atoms. The molecule has 0 saturated carbocycles. The Morgan fingerprint density at radius 3 is 2.89 bits per heavy atom. The number of carboxylic acid groups (broad SMARTS) is 1. The number of rotatable bonds is 4. The van der Waals surface area contributed by atoms with E-state index in [-0.39, 0.29) is 17.7 Å². The Labute approximate surface area is 116 Å². The van der Waals surface area contributed by atoms with Crippen molar-refractivity contribution in [2.24, 2.45) is 0 Å². The van der Waals surface area contributed by atoms with Gasteiger partial charge >= 0.3 is 5.97 Å². The van der Waals surface area contributed by atoms with E-state index < -0.39 is 12.0 Å². The summed E-state index contributed by atoms with van der Waals surface area (Å²) in [5, 5.41) is 9.14. The van der Waals surface area contributed by atoms with Crippen LogP contribution in [0.15, 0.2) is 24.4 Å². The molecule has 0 aromatic carbocycles. The lowest BCUT2D eigenvalue weighted by molar-refractivity contribution is -0.148. The smallest absolute Gasteiger partial charge is 0.327 e. The van der Waals surface area contributed by atoms with Gasteiger partial charge in [-0.05, 0) is 18.6 Å². The number of hydrogen-bond acceptors (Lipinski definition) is 4. The van der Waals surface area contributed by atoms with Gasteiger partial charge in [-0.25, -0.2) is 4.79 Å². The van der Waals surface area contributed by atoms with Crippen LogP contribution in [0.4, 0.5) is 0 Å². The molecule has 2 unspecified atom stereocenters. The molecule has 2 atom stereocenters. The van der Waals surface area contributed by atoms with Crippen LogP contribution in [-0.4, -0.2) is 44.0 Å². The molecule has 0 spiro atoms. The summed E-state index contributed by atoms with van der Waals surface area (Å²) < 4.78 is 0. The number of amides is 1. The quantitative estimate of drug-likeness (QED) is 0.902. The van der Waals surface area contributed by atoms with E-state index >= 15 is 0 Å². The zero-order valence-corrected chi connectivity index (χ0v) is 11.5. The Kier molecular flexibility index (Phi) is 4.42. The number of aliphatic carboxylic acids is 1. The zero-order valence-electron chi connectivity index (χ0n) is 10.7. The molecule has 1 aromatic rings. The summed E-state index contributed by atoms with van der Waals surface area (Å²) in [5.41, 5.74) is 0.670. The molecule has 1 aromatic heterocycles. The Morgan fingerprint density at radius 1 is 1.53 bits per heavy atom. The third kappa shape index (κ3) is 3.07. The summed E-state index contributed by atoms with van der Waals surface area (Å²) in [6.45, 7) is 1.96. The number of pyridine rings is 1. The monoisotopic (exact) mass is 280 g/mol. The summed E-state index contributed by atoms with van der Waals surface area (Å²) in [6.07, 6.45) is 2.54. The highest BCUT2D eigenvalue weighted by molar-refractivity contribution is 8.00. The van der Waals surface area contributed by atoms with E-state index in [4.69, 9.17) is 0 Å². The van der Waals surface area contributed by atoms with E-state index in [1.165, 1.54) is 16.7 Å². The van der Waals surface area contributed by atoms with Gasteiger partial charge in [0.1, 0.15) is 6.04 Å². The SMILES string of the molecule is CCC1SCC(C(=O)O)N1C(=O)Cc1ccccn1. The summed E-state index contributed by atoms with van der Waals surface area (Å²) in [5.74, 6) is -0.636. The van der Waals surface area contributed by atoms with Gasteiger partial charge in [0.05, 0.1) is 11.8 Å². The van der Waals surface area contributed by atoms with E-state index in [1.54, 1.807) is 18.3 Å². The van der Waals surface area contributed by atoms with Gasteiger partial charge in [-0.2, -0.15) is 0 Å². The fourth-order valence-corrected chi connectivity index (χ4v) is 3.52. The van der Waals surface area contributed by atoms with Crippen LogP contribution in [0.3, 0.4) is 0 Å². The number of thioether (sulfide) groups is 1. The lowest BCUT2D eigenvalue weighted by Crippen LogP contribution is -2.46. The molecule has 6 heteroatoms. The maximum Gasteiger partial charge on any atom is 0.327 e. The Balaban J connectivity index is 2.13. The predicted octanol–water partition coefficient (Wildman–Crippen LogP) is 1.39. The number of carboxylic acids is 1. The number of nitrogens with zero attached hydrogens (tertiary/aromatic N) is 2. The minimum absolute atomic E-state index is 0.0442. The molecule has 2 rings (SSSR count). The first-order valence-electron chi connectivity index (χ1n) is 6.19. The van der Waals surface area contributed by atoms with Gasteiger partial charge in [0.25, 0.3) is 0 Å². The van der Waals surface area contributed by atoms with E-state index in [1.807, 2.05) is 13.0 Å². The standard InChI is InChI=1S/C13H16N2O3S/c1-2-12-15(10(8-19-12)13(17)18)11(16)7-9-5-3-4-6-14-9/h3-6,10,12H,2,7-8H2,1H3,(H,17,18). The highest BCUT2D eigenvalue weighted by Gasteiger charge is 2.40. The first-order valence-corrected chi connectivity index (χ1v) is 7.23. The number of aromatic nitrogens is 1. The summed E-state index contributed by atoms with van der Waals surface area (Å²) in [7, 11) is 0. The largest absolute Gasteiger partial charge is 0.480 e. The molecule has 1 fully saturated rings. The molecular weight excluding hydrogens is 264 g/mol. The van der Waals surface area contributed by atoms with Gasteiger partial charge in [-0.3, -0.25) is 9.78 Å². The average molecular weight is 280 g/mol. The minimum atomic E-state index is -0.933. The van der Waals surface area contributed by atoms with E-state index in [0.717, 1.165) is 6.42 Å². The maximum absolute atomic E-state index is 12.3. The van der Waals surface area contributed by atoms with E-state index in [2.05, 4.69) is 4.98 Å². The van der Waals surface area contributed by atoms with Gasteiger partial charge in [0.15, 0.2) is 0 Å². The molecule has 2 heterocycles. The topological polar surface area (TPSA) is 70.5 Å². The highest BCUT2D eigenvalue weighted by Crippen LogP contribution is 2.31. The zero-order chi connectivity index (χ0) is 13.8. The fourth-order valence-electron chi connectivity index (χ4n) is 2.15. The maximum atomic E-state index is 12.3. The van der Waals surface area contributed by atoms with Crippen LogP contribution in [0, 0.1) is 0 Å². The van der Waals surface area contributed by atoms with Crippen LogP contribution < -0.4 is 0 Å². The molecule has 102 valence electrons. The molecule has 1 N–H and O–H groups in total. The normalized spacial score (nSPS) is 22.5. The Bertz CT molecular complexity index is 466. The van der Waals surface area contributed by atoms with Crippen molar-refractivity contribution in [3.63, 3.8) is 0 Å². The Hall–Kier alpha value is -1.56. The van der Waals surface area contributed by atoms with Gasteiger partial charge in [-0.15, -0.1) is 11.8 Å². The predicted molar refractivity (Wildman–Crippen MR) is 72.7 cm³/mol. The molecule has 1 amide bonds. The molecule has 19 heavy (non-hydrogen) atoms. The van der Waals surface area contributed by atoms with Crippen molar-refractivity contribution in [3.8, 4) is 0 Å². The highest BCUT2D eigenvalue weighted by atomic mass is 32.2. The van der Waals surface area contributed by atoms with Crippen LogP contribution >= 0.6 is 11.8 Å². The Morgan fingerprint density at radius 2 is 2.32 bits per heavy atom. The molecule has 1 aliphatic heterocycles. The second kappa shape index (κ2) is 6.06. The van der Waals surface area contributed by atoms with Crippen molar-refractivity contribution in [2.75, 3.05) is 5.75 Å². The fraction of sp³-hybridized carbons (Fsp3) is 0.462. The average Bonchev–Trinajstić information content (AvgIpc) is 2.83. The molecule has 1 saturated heterocycles. The third-order valence-electron chi connectivity index (χ3n) is 3.07. The van der Waals surface area contributed by atoms with Crippen molar-refractivity contribution in [1.29, 1.82) is 0 Å². The second-order valence-electron chi connectivity index (χ2n) is 4.35. The first kappa shape index (κ1) is 13.9.